The minimum absolute atomic E-state index is 0.00168. The van der Waals surface area contributed by atoms with Crippen LogP contribution in [0.15, 0.2) is 24.3 Å². The van der Waals surface area contributed by atoms with Crippen molar-refractivity contribution >= 4 is 21.7 Å². The summed E-state index contributed by atoms with van der Waals surface area (Å²) >= 11 is 2.90. The van der Waals surface area contributed by atoms with Crippen molar-refractivity contribution in [3.05, 3.63) is 29.8 Å². The standard InChI is InChI=1S/C10H7BrF4O2/c11-5-8(16)6-2-1-3-7(4-6)17-10(14,15)9(12)13/h1-4,9H,5H2. The molecule has 0 aliphatic heterocycles. The Hall–Kier alpha value is -1.11. The number of rotatable bonds is 5. The molecule has 2 nitrogen and oxygen atoms in total. The Morgan fingerprint density at radius 1 is 1.41 bits per heavy atom. The highest BCUT2D eigenvalue weighted by atomic mass is 79.9. The van der Waals surface area contributed by atoms with Crippen molar-refractivity contribution < 1.29 is 27.1 Å². The SMILES string of the molecule is O=C(CBr)c1cccc(OC(F)(F)C(F)F)c1. The van der Waals surface area contributed by atoms with E-state index >= 15 is 0 Å². The lowest BCUT2D eigenvalue weighted by Gasteiger charge is -2.16. The van der Waals surface area contributed by atoms with Gasteiger partial charge in [0.15, 0.2) is 5.78 Å². The molecular weight excluding hydrogens is 308 g/mol. The first-order chi connectivity index (χ1) is 7.86. The Morgan fingerprint density at radius 3 is 2.59 bits per heavy atom. The molecule has 7 heteroatoms. The molecule has 0 radical (unpaired) electrons. The lowest BCUT2D eigenvalue weighted by atomic mass is 10.1. The third-order valence-electron chi connectivity index (χ3n) is 1.79. The molecule has 0 N–H and O–H groups in total. The van der Waals surface area contributed by atoms with Gasteiger partial charge in [-0.3, -0.25) is 4.79 Å². The molecule has 0 saturated heterocycles. The normalized spacial score (nSPS) is 11.6. The molecule has 0 spiro atoms. The van der Waals surface area contributed by atoms with E-state index in [9.17, 15) is 22.4 Å². The summed E-state index contributed by atoms with van der Waals surface area (Å²) < 4.78 is 52.8. The average molecular weight is 315 g/mol. The topological polar surface area (TPSA) is 26.3 Å². The number of alkyl halides is 5. The van der Waals surface area contributed by atoms with Crippen molar-refractivity contribution in [1.82, 2.24) is 0 Å². The van der Waals surface area contributed by atoms with Crippen LogP contribution in [0.4, 0.5) is 17.6 Å². The lowest BCUT2D eigenvalue weighted by molar-refractivity contribution is -0.253. The molecule has 0 unspecified atom stereocenters. The molecule has 17 heavy (non-hydrogen) atoms. The van der Waals surface area contributed by atoms with Gasteiger partial charge in [-0.25, -0.2) is 0 Å². The molecule has 0 aromatic heterocycles. The Morgan fingerprint density at radius 2 is 2.06 bits per heavy atom. The maximum absolute atomic E-state index is 12.6. The smallest absolute Gasteiger partial charge is 0.428 e. The predicted octanol–water partition coefficient (Wildman–Crippen LogP) is 3.50. The number of hydrogen-bond donors (Lipinski definition) is 0. The maximum Gasteiger partial charge on any atom is 0.461 e. The van der Waals surface area contributed by atoms with E-state index in [0.717, 1.165) is 12.1 Å². The molecule has 0 heterocycles. The molecule has 1 aromatic carbocycles. The number of ketones is 1. The molecular formula is C10H7BrF4O2. The van der Waals surface area contributed by atoms with Crippen LogP contribution >= 0.6 is 15.9 Å². The highest BCUT2D eigenvalue weighted by molar-refractivity contribution is 9.09. The Kier molecular flexibility index (Phi) is 4.50. The number of ether oxygens (including phenoxy) is 1. The summed E-state index contributed by atoms with van der Waals surface area (Å²) in [7, 11) is 0. The van der Waals surface area contributed by atoms with Gasteiger partial charge in [0.1, 0.15) is 5.75 Å². The van der Waals surface area contributed by atoms with E-state index in [-0.39, 0.29) is 16.7 Å². The van der Waals surface area contributed by atoms with Crippen LogP contribution in [0, 0.1) is 0 Å². The van der Waals surface area contributed by atoms with Crippen LogP contribution in [0.1, 0.15) is 10.4 Å². The van der Waals surface area contributed by atoms with Crippen LogP contribution in [0.3, 0.4) is 0 Å². The van der Waals surface area contributed by atoms with E-state index in [1.54, 1.807) is 0 Å². The highest BCUT2D eigenvalue weighted by Gasteiger charge is 2.43. The summed E-state index contributed by atoms with van der Waals surface area (Å²) in [6.45, 7) is 0. The van der Waals surface area contributed by atoms with Gasteiger partial charge in [0.2, 0.25) is 0 Å². The zero-order valence-corrected chi connectivity index (χ0v) is 9.89. The second-order valence-corrected chi connectivity index (χ2v) is 3.61. The van der Waals surface area contributed by atoms with Crippen LogP contribution < -0.4 is 4.74 Å². The van der Waals surface area contributed by atoms with Crippen molar-refractivity contribution in [2.75, 3.05) is 5.33 Å². The van der Waals surface area contributed by atoms with Gasteiger partial charge in [0, 0.05) is 5.56 Å². The van der Waals surface area contributed by atoms with Crippen molar-refractivity contribution in [3.63, 3.8) is 0 Å². The molecule has 0 aliphatic rings. The van der Waals surface area contributed by atoms with Crippen LogP contribution in [-0.4, -0.2) is 23.6 Å². The fourth-order valence-electron chi connectivity index (χ4n) is 1.01. The number of hydrogen-bond acceptors (Lipinski definition) is 2. The van der Waals surface area contributed by atoms with Gasteiger partial charge < -0.3 is 4.74 Å². The van der Waals surface area contributed by atoms with Crippen molar-refractivity contribution in [2.24, 2.45) is 0 Å². The van der Waals surface area contributed by atoms with Crippen molar-refractivity contribution in [2.45, 2.75) is 12.5 Å². The van der Waals surface area contributed by atoms with E-state index in [2.05, 4.69) is 20.7 Å². The summed E-state index contributed by atoms with van der Waals surface area (Å²) in [5.74, 6) is -0.849. The van der Waals surface area contributed by atoms with Crippen LogP contribution in [-0.2, 0) is 0 Å². The lowest BCUT2D eigenvalue weighted by Crippen LogP contribution is -2.33. The zero-order chi connectivity index (χ0) is 13.1. The molecule has 0 atom stereocenters. The monoisotopic (exact) mass is 314 g/mol. The van der Waals surface area contributed by atoms with Gasteiger partial charge in [-0.05, 0) is 12.1 Å². The second-order valence-electron chi connectivity index (χ2n) is 3.05. The minimum Gasteiger partial charge on any atom is -0.428 e. The van der Waals surface area contributed by atoms with Gasteiger partial charge in [0.25, 0.3) is 0 Å². The van der Waals surface area contributed by atoms with Gasteiger partial charge in [0.05, 0.1) is 5.33 Å². The summed E-state index contributed by atoms with van der Waals surface area (Å²) in [5, 5.41) is 0.00168. The molecule has 0 aliphatic carbocycles. The van der Waals surface area contributed by atoms with E-state index in [1.807, 2.05) is 0 Å². The van der Waals surface area contributed by atoms with Crippen LogP contribution in [0.5, 0.6) is 5.75 Å². The predicted molar refractivity (Wildman–Crippen MR) is 56.1 cm³/mol. The number of Topliss-reactive ketones (excluding diaryl/α,β-unsaturated/α-hetero) is 1. The third-order valence-corrected chi connectivity index (χ3v) is 2.29. The Bertz CT molecular complexity index is 409. The highest BCUT2D eigenvalue weighted by Crippen LogP contribution is 2.27. The molecule has 1 aromatic rings. The van der Waals surface area contributed by atoms with Crippen molar-refractivity contribution in [3.8, 4) is 5.75 Å². The Balaban J connectivity index is 2.90. The van der Waals surface area contributed by atoms with Gasteiger partial charge in [-0.1, -0.05) is 28.1 Å². The zero-order valence-electron chi connectivity index (χ0n) is 8.30. The fraction of sp³-hybridized carbons (Fsp3) is 0.300. The molecule has 94 valence electrons. The summed E-state index contributed by atoms with van der Waals surface area (Å²) in [5.41, 5.74) is 0.101. The van der Waals surface area contributed by atoms with Gasteiger partial charge in [-0.15, -0.1) is 0 Å². The summed E-state index contributed by atoms with van der Waals surface area (Å²) in [4.78, 5) is 11.2. The first-order valence-electron chi connectivity index (χ1n) is 4.41. The maximum atomic E-state index is 12.6. The molecule has 0 bridgehead atoms. The number of benzene rings is 1. The number of halogens is 5. The average Bonchev–Trinajstić information content (AvgIpc) is 2.27. The van der Waals surface area contributed by atoms with Crippen LogP contribution in [0.2, 0.25) is 0 Å². The van der Waals surface area contributed by atoms with Crippen molar-refractivity contribution in [1.29, 1.82) is 0 Å². The minimum atomic E-state index is -4.57. The second kappa shape index (κ2) is 5.48. The van der Waals surface area contributed by atoms with E-state index in [0.29, 0.717) is 0 Å². The first-order valence-corrected chi connectivity index (χ1v) is 5.53. The quantitative estimate of drug-likeness (QED) is 0.472. The van der Waals surface area contributed by atoms with Crippen LogP contribution in [0.25, 0.3) is 0 Å². The number of carbonyl (C=O) groups is 1. The van der Waals surface area contributed by atoms with E-state index in [1.165, 1.54) is 12.1 Å². The molecule has 0 amide bonds. The number of carbonyl (C=O) groups excluding carboxylic acids is 1. The first kappa shape index (κ1) is 14.0. The Labute approximate surface area is 103 Å². The van der Waals surface area contributed by atoms with E-state index < -0.39 is 18.3 Å². The van der Waals surface area contributed by atoms with Gasteiger partial charge >= 0.3 is 12.5 Å². The largest absolute Gasteiger partial charge is 0.461 e. The summed E-state index contributed by atoms with van der Waals surface area (Å²) in [6.07, 6.45) is -8.51. The summed E-state index contributed by atoms with van der Waals surface area (Å²) in [6, 6.07) is 4.70. The third kappa shape index (κ3) is 3.69. The van der Waals surface area contributed by atoms with Gasteiger partial charge in [-0.2, -0.15) is 17.6 Å². The van der Waals surface area contributed by atoms with E-state index in [4.69, 9.17) is 0 Å². The molecule has 0 saturated carbocycles. The molecule has 1 rings (SSSR count). The molecule has 0 fully saturated rings. The fourth-order valence-corrected chi connectivity index (χ4v) is 1.34.